The van der Waals surface area contributed by atoms with Crippen LogP contribution in [0.2, 0.25) is 0 Å². The summed E-state index contributed by atoms with van der Waals surface area (Å²) in [6, 6.07) is -1.04. The van der Waals surface area contributed by atoms with Crippen LogP contribution in [0, 0.1) is 0 Å². The summed E-state index contributed by atoms with van der Waals surface area (Å²) in [6.45, 7) is 6.72. The van der Waals surface area contributed by atoms with E-state index in [1.807, 2.05) is 0 Å². The van der Waals surface area contributed by atoms with E-state index in [9.17, 15) is 24.3 Å². The van der Waals surface area contributed by atoms with Gasteiger partial charge in [0.05, 0.1) is 0 Å². The number of hydrogen-bond acceptors (Lipinski definition) is 7. The van der Waals surface area contributed by atoms with Crippen LogP contribution in [0.5, 0.6) is 0 Å². The van der Waals surface area contributed by atoms with Gasteiger partial charge in [0, 0.05) is 30.8 Å². The molecule has 2 atom stereocenters. The Bertz CT molecular complexity index is 1030. The molecule has 0 saturated carbocycles. The molecule has 0 aromatic carbocycles. The second-order valence-corrected chi connectivity index (χ2v) is 19.8. The number of amides is 1. The number of carboxylic acids is 1. The van der Waals surface area contributed by atoms with Gasteiger partial charge in [0.2, 0.25) is 5.91 Å². The molecule has 63 heavy (non-hydrogen) atoms. The first-order chi connectivity index (χ1) is 30.8. The van der Waals surface area contributed by atoms with Crippen LogP contribution in [0.25, 0.3) is 0 Å². The molecule has 0 saturated heterocycles. The summed E-state index contributed by atoms with van der Waals surface area (Å²) < 4.78 is 11.4. The number of thioether (sulfide) groups is 1. The van der Waals surface area contributed by atoms with E-state index in [2.05, 4.69) is 26.1 Å². The number of hydrogen-bond donors (Lipinski definition) is 2. The first-order valence-electron chi connectivity index (χ1n) is 27.3. The number of carboxylic acid groups (broad SMARTS) is 1. The predicted octanol–water partition coefficient (Wildman–Crippen LogP) is 16.2. The van der Waals surface area contributed by atoms with Crippen LogP contribution in [-0.2, 0) is 28.7 Å². The molecule has 0 aromatic heterocycles. The third kappa shape index (κ3) is 46.6. The molecule has 0 spiro atoms. The number of ether oxygens (including phenoxy) is 2. The van der Waals surface area contributed by atoms with Crippen molar-refractivity contribution >= 4 is 35.6 Å². The Labute approximate surface area is 393 Å². The van der Waals surface area contributed by atoms with Crippen molar-refractivity contribution in [2.45, 2.75) is 303 Å². The van der Waals surface area contributed by atoms with Gasteiger partial charge < -0.3 is 19.9 Å². The minimum absolute atomic E-state index is 0.0439. The van der Waals surface area contributed by atoms with Crippen molar-refractivity contribution in [1.29, 1.82) is 0 Å². The number of aliphatic carboxylic acids is 1. The lowest BCUT2D eigenvalue weighted by atomic mass is 10.0. The van der Waals surface area contributed by atoms with E-state index in [4.69, 9.17) is 9.47 Å². The monoisotopic (exact) mass is 910 g/mol. The fourth-order valence-electron chi connectivity index (χ4n) is 8.26. The van der Waals surface area contributed by atoms with Crippen LogP contribution in [0.15, 0.2) is 0 Å². The summed E-state index contributed by atoms with van der Waals surface area (Å²) in [5.74, 6) is -1.49. The Balaban J connectivity index is 4.59. The fourth-order valence-corrected chi connectivity index (χ4v) is 9.28. The number of carbonyl (C=O) groups is 4. The van der Waals surface area contributed by atoms with E-state index in [1.54, 1.807) is 0 Å². The van der Waals surface area contributed by atoms with E-state index in [1.165, 1.54) is 204 Å². The highest BCUT2D eigenvalue weighted by molar-refractivity contribution is 7.99. The van der Waals surface area contributed by atoms with E-state index < -0.39 is 18.1 Å². The van der Waals surface area contributed by atoms with Gasteiger partial charge in [0.15, 0.2) is 0 Å². The van der Waals surface area contributed by atoms with Gasteiger partial charge in [-0.25, -0.2) is 4.79 Å². The molecule has 9 heteroatoms. The average molecular weight is 910 g/mol. The normalized spacial score (nSPS) is 12.3. The zero-order chi connectivity index (χ0) is 46.1. The van der Waals surface area contributed by atoms with Gasteiger partial charge in [0.1, 0.15) is 18.8 Å². The van der Waals surface area contributed by atoms with Crippen molar-refractivity contribution in [3.05, 3.63) is 0 Å². The molecule has 0 fully saturated rings. The van der Waals surface area contributed by atoms with Gasteiger partial charge in [-0.15, -0.1) is 0 Å². The molecule has 0 radical (unpaired) electrons. The fraction of sp³-hybridized carbons (Fsp3) is 0.926. The molecule has 8 nitrogen and oxygen atoms in total. The number of rotatable bonds is 51. The molecule has 0 heterocycles. The third-order valence-electron chi connectivity index (χ3n) is 12.4. The summed E-state index contributed by atoms with van der Waals surface area (Å²) in [6.07, 6.45) is 48.4. The van der Waals surface area contributed by atoms with Crippen LogP contribution >= 0.6 is 11.8 Å². The molecule has 0 rings (SSSR count). The Kier molecular flexibility index (Phi) is 48.3. The van der Waals surface area contributed by atoms with E-state index in [0.717, 1.165) is 57.8 Å². The van der Waals surface area contributed by atoms with Crippen molar-refractivity contribution in [2.75, 3.05) is 18.1 Å². The van der Waals surface area contributed by atoms with Gasteiger partial charge in [-0.2, -0.15) is 11.8 Å². The van der Waals surface area contributed by atoms with Crippen molar-refractivity contribution in [2.24, 2.45) is 0 Å². The Morgan fingerprint density at radius 3 is 1.05 bits per heavy atom. The van der Waals surface area contributed by atoms with Crippen molar-refractivity contribution < 1.29 is 33.8 Å². The molecule has 1 amide bonds. The van der Waals surface area contributed by atoms with Gasteiger partial charge in [-0.1, -0.05) is 252 Å². The summed E-state index contributed by atoms with van der Waals surface area (Å²) in [5.41, 5.74) is 0. The average Bonchev–Trinajstić information content (AvgIpc) is 3.27. The standard InChI is InChI=1S/C54H103NO7S/c1-4-7-10-13-16-19-22-25-28-31-34-37-40-43-51(56)55-50(54(59)60)48-63-47-49(62-53(58)45-42-39-36-33-30-27-24-21-18-15-12-9-6-3)46-61-52(57)44-41-38-35-32-29-26-23-20-17-14-11-8-5-2/h49-50H,4-48H2,1-3H3,(H,55,56)(H,59,60)/t49-,50+/m0/s1. The molecule has 0 bridgehead atoms. The predicted molar refractivity (Wildman–Crippen MR) is 269 cm³/mol. The molecule has 0 aliphatic rings. The van der Waals surface area contributed by atoms with Crippen molar-refractivity contribution in [3.63, 3.8) is 0 Å². The molecule has 0 aliphatic heterocycles. The molecule has 0 unspecified atom stereocenters. The van der Waals surface area contributed by atoms with Crippen molar-refractivity contribution in [3.8, 4) is 0 Å². The number of esters is 2. The first-order valence-corrected chi connectivity index (χ1v) is 28.4. The second-order valence-electron chi connectivity index (χ2n) is 18.8. The molecule has 372 valence electrons. The van der Waals surface area contributed by atoms with Gasteiger partial charge >= 0.3 is 17.9 Å². The Morgan fingerprint density at radius 1 is 0.413 bits per heavy atom. The minimum Gasteiger partial charge on any atom is -0.480 e. The third-order valence-corrected chi connectivity index (χ3v) is 13.6. The zero-order valence-electron chi connectivity index (χ0n) is 41.8. The van der Waals surface area contributed by atoms with Crippen LogP contribution in [0.1, 0.15) is 290 Å². The highest BCUT2D eigenvalue weighted by Gasteiger charge is 2.23. The lowest BCUT2D eigenvalue weighted by Crippen LogP contribution is -2.42. The largest absolute Gasteiger partial charge is 0.480 e. The van der Waals surface area contributed by atoms with Crippen LogP contribution in [-0.4, -0.2) is 59.2 Å². The molecular weight excluding hydrogens is 807 g/mol. The quantitative estimate of drug-likeness (QED) is 0.0457. The summed E-state index contributed by atoms with van der Waals surface area (Å²) in [4.78, 5) is 50.3. The molecular formula is C54H103NO7S. The summed E-state index contributed by atoms with van der Waals surface area (Å²) >= 11 is 1.30. The van der Waals surface area contributed by atoms with Crippen LogP contribution in [0.3, 0.4) is 0 Å². The Hall–Kier alpha value is -1.77. The van der Waals surface area contributed by atoms with Gasteiger partial charge in [-0.05, 0) is 19.3 Å². The number of nitrogens with one attached hydrogen (secondary N) is 1. The van der Waals surface area contributed by atoms with E-state index >= 15 is 0 Å². The Morgan fingerprint density at radius 2 is 0.714 bits per heavy atom. The zero-order valence-corrected chi connectivity index (χ0v) is 42.6. The van der Waals surface area contributed by atoms with Gasteiger partial charge in [-0.3, -0.25) is 14.4 Å². The summed E-state index contributed by atoms with van der Waals surface area (Å²) in [5, 5.41) is 12.6. The lowest BCUT2D eigenvalue weighted by Gasteiger charge is -2.19. The highest BCUT2D eigenvalue weighted by Crippen LogP contribution is 2.18. The van der Waals surface area contributed by atoms with Crippen molar-refractivity contribution in [1.82, 2.24) is 5.32 Å². The van der Waals surface area contributed by atoms with E-state index in [0.29, 0.717) is 19.3 Å². The molecule has 0 aliphatic carbocycles. The maximum absolute atomic E-state index is 12.9. The number of carbonyl (C=O) groups excluding carboxylic acids is 3. The number of unbranched alkanes of at least 4 members (excludes halogenated alkanes) is 36. The van der Waals surface area contributed by atoms with E-state index in [-0.39, 0.29) is 36.0 Å². The van der Waals surface area contributed by atoms with Crippen LogP contribution < -0.4 is 5.32 Å². The van der Waals surface area contributed by atoms with Crippen LogP contribution in [0.4, 0.5) is 0 Å². The first kappa shape index (κ1) is 61.2. The SMILES string of the molecule is CCCCCCCCCCCCCCCC(=O)N[C@H](CSC[C@H](COC(=O)CCCCCCCCCCCCCCC)OC(=O)CCCCCCCCCCCCCCC)C(=O)O. The lowest BCUT2D eigenvalue weighted by molar-refractivity contribution is -0.157. The minimum atomic E-state index is -1.08. The maximum atomic E-state index is 12.9. The second kappa shape index (κ2) is 49.7. The smallest absolute Gasteiger partial charge is 0.327 e. The topological polar surface area (TPSA) is 119 Å². The van der Waals surface area contributed by atoms with Gasteiger partial charge in [0.25, 0.3) is 0 Å². The molecule has 2 N–H and O–H groups in total. The summed E-state index contributed by atoms with van der Waals surface area (Å²) in [7, 11) is 0. The maximum Gasteiger partial charge on any atom is 0.327 e. The molecule has 0 aromatic rings. The highest BCUT2D eigenvalue weighted by atomic mass is 32.2.